The minimum atomic E-state index is 0.276. The van der Waals surface area contributed by atoms with Crippen LogP contribution in [0, 0.1) is 13.8 Å². The molecule has 1 aromatic rings. The molecule has 2 aliphatic rings. The van der Waals surface area contributed by atoms with Gasteiger partial charge in [0, 0.05) is 6.04 Å². The molecule has 18 heavy (non-hydrogen) atoms. The summed E-state index contributed by atoms with van der Waals surface area (Å²) in [5.74, 6) is 0. The second-order valence-electron chi connectivity index (χ2n) is 5.58. The first kappa shape index (κ1) is 11.7. The van der Waals surface area contributed by atoms with E-state index in [2.05, 4.69) is 38.2 Å². The fourth-order valence-corrected chi connectivity index (χ4v) is 3.36. The molecule has 1 unspecified atom stereocenters. The van der Waals surface area contributed by atoms with Gasteiger partial charge in [-0.1, -0.05) is 24.3 Å². The summed E-state index contributed by atoms with van der Waals surface area (Å²) in [7, 11) is 0. The van der Waals surface area contributed by atoms with Crippen molar-refractivity contribution < 1.29 is 0 Å². The Morgan fingerprint density at radius 3 is 2.56 bits per heavy atom. The first-order valence-electron chi connectivity index (χ1n) is 6.92. The zero-order valence-corrected chi connectivity index (χ0v) is 11.3. The van der Waals surface area contributed by atoms with E-state index in [0.29, 0.717) is 0 Å². The molecule has 3 rings (SSSR count). The van der Waals surface area contributed by atoms with E-state index in [4.69, 9.17) is 5.73 Å². The molecule has 0 aromatic heterocycles. The number of rotatable bonds is 0. The number of nitrogens with two attached hydrogens (primary N) is 1. The summed E-state index contributed by atoms with van der Waals surface area (Å²) >= 11 is 0. The monoisotopic (exact) mass is 239 g/mol. The molecule has 0 fully saturated rings. The highest BCUT2D eigenvalue weighted by molar-refractivity contribution is 5.72. The van der Waals surface area contributed by atoms with Crippen molar-refractivity contribution in [1.82, 2.24) is 0 Å². The van der Waals surface area contributed by atoms with Crippen LogP contribution in [0.3, 0.4) is 0 Å². The quantitative estimate of drug-likeness (QED) is 0.736. The number of allylic oxidation sites excluding steroid dienone is 1. The van der Waals surface area contributed by atoms with E-state index >= 15 is 0 Å². The Hall–Kier alpha value is -1.34. The summed E-state index contributed by atoms with van der Waals surface area (Å²) in [4.78, 5) is 0. The minimum Gasteiger partial charge on any atom is -0.327 e. The van der Waals surface area contributed by atoms with Crippen LogP contribution in [-0.2, 0) is 12.8 Å². The highest BCUT2D eigenvalue weighted by atomic mass is 14.6. The molecule has 0 aliphatic heterocycles. The van der Waals surface area contributed by atoms with Crippen LogP contribution in [0.2, 0.25) is 0 Å². The molecule has 2 aliphatic carbocycles. The number of hydrogen-bond acceptors (Lipinski definition) is 1. The van der Waals surface area contributed by atoms with Crippen molar-refractivity contribution in [2.75, 3.05) is 0 Å². The van der Waals surface area contributed by atoms with Crippen LogP contribution < -0.4 is 5.73 Å². The van der Waals surface area contributed by atoms with Gasteiger partial charge in [0.25, 0.3) is 0 Å². The second kappa shape index (κ2) is 4.40. The molecular formula is C17H21N. The van der Waals surface area contributed by atoms with Crippen molar-refractivity contribution in [2.24, 2.45) is 5.73 Å². The van der Waals surface area contributed by atoms with Gasteiger partial charge >= 0.3 is 0 Å². The van der Waals surface area contributed by atoms with Gasteiger partial charge in [0.2, 0.25) is 0 Å². The molecule has 1 nitrogen and oxygen atoms in total. The summed E-state index contributed by atoms with van der Waals surface area (Å²) in [6.07, 6.45) is 13.5. The van der Waals surface area contributed by atoms with Crippen molar-refractivity contribution in [3.05, 3.63) is 45.5 Å². The summed E-state index contributed by atoms with van der Waals surface area (Å²) in [6.45, 7) is 4.54. The molecular weight excluding hydrogens is 218 g/mol. The van der Waals surface area contributed by atoms with E-state index in [-0.39, 0.29) is 6.04 Å². The fourth-order valence-electron chi connectivity index (χ4n) is 3.36. The van der Waals surface area contributed by atoms with Crippen LogP contribution >= 0.6 is 0 Å². The lowest BCUT2D eigenvalue weighted by atomic mass is 9.82. The van der Waals surface area contributed by atoms with Gasteiger partial charge in [0.15, 0.2) is 0 Å². The Bertz CT molecular complexity index is 549. The van der Waals surface area contributed by atoms with Crippen molar-refractivity contribution in [1.29, 1.82) is 0 Å². The predicted octanol–water partition coefficient (Wildman–Crippen LogP) is 3.55. The van der Waals surface area contributed by atoms with Crippen LogP contribution in [-0.4, -0.2) is 6.04 Å². The van der Waals surface area contributed by atoms with E-state index in [9.17, 15) is 0 Å². The normalized spacial score (nSPS) is 21.4. The highest BCUT2D eigenvalue weighted by Crippen LogP contribution is 2.34. The first-order chi connectivity index (χ1) is 8.68. The molecule has 0 saturated carbocycles. The lowest BCUT2D eigenvalue weighted by Crippen LogP contribution is -2.22. The SMILES string of the molecule is Cc1c2c(c(C)c3c1C=CCC(N)C3)CCC=C2. The summed E-state index contributed by atoms with van der Waals surface area (Å²) in [6, 6.07) is 0.276. The molecule has 0 amide bonds. The number of fused-ring (bicyclic) bond motifs is 2. The van der Waals surface area contributed by atoms with Gasteiger partial charge in [-0.15, -0.1) is 0 Å². The first-order valence-corrected chi connectivity index (χ1v) is 6.92. The van der Waals surface area contributed by atoms with Crippen LogP contribution in [0.5, 0.6) is 0 Å². The molecule has 2 N–H and O–H groups in total. The Labute approximate surface area is 109 Å². The van der Waals surface area contributed by atoms with Gasteiger partial charge in [0.1, 0.15) is 0 Å². The maximum atomic E-state index is 6.18. The lowest BCUT2D eigenvalue weighted by molar-refractivity contribution is 0.680. The predicted molar refractivity (Wildman–Crippen MR) is 78.6 cm³/mol. The summed E-state index contributed by atoms with van der Waals surface area (Å²) in [5, 5.41) is 0. The highest BCUT2D eigenvalue weighted by Gasteiger charge is 2.20. The maximum Gasteiger partial charge on any atom is 0.0114 e. The van der Waals surface area contributed by atoms with E-state index in [1.807, 2.05) is 0 Å². The lowest BCUT2D eigenvalue weighted by Gasteiger charge is -2.23. The maximum absolute atomic E-state index is 6.18. The average molecular weight is 239 g/mol. The second-order valence-corrected chi connectivity index (χ2v) is 5.58. The van der Waals surface area contributed by atoms with Crippen LogP contribution in [0.15, 0.2) is 12.2 Å². The van der Waals surface area contributed by atoms with Gasteiger partial charge in [0.05, 0.1) is 0 Å². The van der Waals surface area contributed by atoms with Gasteiger partial charge in [-0.05, 0) is 72.9 Å². The van der Waals surface area contributed by atoms with Crippen LogP contribution in [0.1, 0.15) is 46.2 Å². The van der Waals surface area contributed by atoms with Crippen molar-refractivity contribution in [2.45, 2.75) is 45.6 Å². The molecule has 1 aromatic carbocycles. The molecule has 0 spiro atoms. The Balaban J connectivity index is 2.28. The van der Waals surface area contributed by atoms with Gasteiger partial charge in [-0.3, -0.25) is 0 Å². The standard InChI is InChI=1S/C17H21N/c1-11-14-7-3-4-8-15(14)12(2)17-10-13(18)6-5-9-16(11)17/h3,5,7,9,13H,4,6,8,10,18H2,1-2H3. The zero-order chi connectivity index (χ0) is 12.7. The third-order valence-electron chi connectivity index (χ3n) is 4.40. The molecule has 0 bridgehead atoms. The largest absolute Gasteiger partial charge is 0.327 e. The van der Waals surface area contributed by atoms with E-state index in [0.717, 1.165) is 12.8 Å². The molecule has 0 heterocycles. The van der Waals surface area contributed by atoms with Crippen molar-refractivity contribution in [3.8, 4) is 0 Å². The zero-order valence-electron chi connectivity index (χ0n) is 11.3. The Morgan fingerprint density at radius 2 is 1.72 bits per heavy atom. The Kier molecular flexibility index (Phi) is 2.87. The average Bonchev–Trinajstić information content (AvgIpc) is 2.58. The van der Waals surface area contributed by atoms with Crippen molar-refractivity contribution >= 4 is 12.2 Å². The Morgan fingerprint density at radius 1 is 1.00 bits per heavy atom. The third-order valence-corrected chi connectivity index (χ3v) is 4.40. The van der Waals surface area contributed by atoms with Crippen LogP contribution in [0.25, 0.3) is 12.2 Å². The molecule has 0 saturated heterocycles. The molecule has 0 radical (unpaired) electrons. The van der Waals surface area contributed by atoms with Crippen LogP contribution in [0.4, 0.5) is 0 Å². The van der Waals surface area contributed by atoms with Gasteiger partial charge < -0.3 is 5.73 Å². The summed E-state index contributed by atoms with van der Waals surface area (Å²) in [5.41, 5.74) is 15.0. The molecule has 94 valence electrons. The smallest absolute Gasteiger partial charge is 0.0114 e. The van der Waals surface area contributed by atoms with Gasteiger partial charge in [-0.25, -0.2) is 0 Å². The van der Waals surface area contributed by atoms with E-state index in [1.165, 1.54) is 40.7 Å². The summed E-state index contributed by atoms with van der Waals surface area (Å²) < 4.78 is 0. The topological polar surface area (TPSA) is 26.0 Å². The fraction of sp³-hybridized carbons (Fsp3) is 0.412. The molecule has 1 atom stereocenters. The number of benzene rings is 1. The van der Waals surface area contributed by atoms with Gasteiger partial charge in [-0.2, -0.15) is 0 Å². The minimum absolute atomic E-state index is 0.276. The third kappa shape index (κ3) is 1.74. The number of hydrogen-bond donors (Lipinski definition) is 1. The van der Waals surface area contributed by atoms with E-state index in [1.54, 1.807) is 5.56 Å². The van der Waals surface area contributed by atoms with Crippen molar-refractivity contribution in [3.63, 3.8) is 0 Å². The van der Waals surface area contributed by atoms with E-state index < -0.39 is 0 Å². The molecule has 1 heteroatoms.